The number of nitrogens with zero attached hydrogens (tertiary/aromatic N) is 1. The van der Waals surface area contributed by atoms with Crippen LogP contribution in [0.4, 0.5) is 0 Å². The van der Waals surface area contributed by atoms with E-state index in [2.05, 4.69) is 74.6 Å². The highest BCUT2D eigenvalue weighted by Gasteiger charge is 2.21. The van der Waals surface area contributed by atoms with Crippen LogP contribution in [0.25, 0.3) is 0 Å². The molecule has 0 spiro atoms. The quantitative estimate of drug-likeness (QED) is 0.0203. The van der Waals surface area contributed by atoms with E-state index in [1.165, 1.54) is 51.4 Å². The summed E-state index contributed by atoms with van der Waals surface area (Å²) in [5.41, 5.74) is 0. The average Bonchev–Trinajstić information content (AvgIpc) is 3.12. The van der Waals surface area contributed by atoms with Crippen LogP contribution < -0.4 is 4.89 Å². The molecule has 0 aromatic heterocycles. The second-order valence-electron chi connectivity index (χ2n) is 14.6. The summed E-state index contributed by atoms with van der Waals surface area (Å²) >= 11 is 0. The molecule has 0 aliphatic carbocycles. The maximum atomic E-state index is 12.6. The lowest BCUT2D eigenvalue weighted by molar-refractivity contribution is -0.870. The fraction of sp³-hybridized carbons (Fsp3) is 0.682. The van der Waals surface area contributed by atoms with Crippen LogP contribution in [0.3, 0.4) is 0 Å². The van der Waals surface area contributed by atoms with Crippen molar-refractivity contribution < 1.29 is 42.1 Å². The fourth-order valence-corrected chi connectivity index (χ4v) is 5.76. The number of rotatable bonds is 36. The van der Waals surface area contributed by atoms with Crippen LogP contribution >= 0.6 is 7.82 Å². The summed E-state index contributed by atoms with van der Waals surface area (Å²) in [5, 5.41) is 0. The minimum atomic E-state index is -4.64. The van der Waals surface area contributed by atoms with E-state index in [0.717, 1.165) is 57.8 Å². The first-order valence-corrected chi connectivity index (χ1v) is 22.1. The number of allylic oxidation sites excluding steroid dienone is 12. The first-order valence-electron chi connectivity index (χ1n) is 20.6. The third-order valence-electron chi connectivity index (χ3n) is 8.25. The van der Waals surface area contributed by atoms with Gasteiger partial charge in [-0.05, 0) is 51.4 Å². The third-order valence-corrected chi connectivity index (χ3v) is 9.22. The SMILES string of the molecule is CC/C=C\C/C=C\C/C=C\C/C=C\C/C=C\C/C=C\CCC(=O)OC(COC(=O)CCCCCCCCCCCCC)COP(=O)([O-])OCC[N+](C)(C)C. The first-order chi connectivity index (χ1) is 26.0. The van der Waals surface area contributed by atoms with Gasteiger partial charge in [0.2, 0.25) is 0 Å². The summed E-state index contributed by atoms with van der Waals surface area (Å²) in [5.74, 6) is -0.939. The number of unbranched alkanes of at least 4 members (excludes halogenated alkanes) is 10. The molecule has 54 heavy (non-hydrogen) atoms. The highest BCUT2D eigenvalue weighted by atomic mass is 31.2. The minimum Gasteiger partial charge on any atom is -0.756 e. The summed E-state index contributed by atoms with van der Waals surface area (Å²) in [4.78, 5) is 37.4. The molecular weight excluding hydrogens is 701 g/mol. The van der Waals surface area contributed by atoms with Gasteiger partial charge in [0.1, 0.15) is 19.8 Å². The normalized spacial score (nSPS) is 14.4. The topological polar surface area (TPSA) is 111 Å². The van der Waals surface area contributed by atoms with E-state index in [4.69, 9.17) is 18.5 Å². The Kier molecular flexibility index (Phi) is 34.4. The van der Waals surface area contributed by atoms with Crippen molar-refractivity contribution in [2.24, 2.45) is 0 Å². The Morgan fingerprint density at radius 3 is 1.54 bits per heavy atom. The molecule has 0 aromatic carbocycles. The maximum absolute atomic E-state index is 12.6. The molecule has 0 amide bonds. The molecule has 0 heterocycles. The number of carbonyl (C=O) groups excluding carboxylic acids is 2. The van der Waals surface area contributed by atoms with Crippen LogP contribution in [0, 0.1) is 0 Å². The van der Waals surface area contributed by atoms with Gasteiger partial charge < -0.3 is 27.9 Å². The van der Waals surface area contributed by atoms with Crippen molar-refractivity contribution in [3.8, 4) is 0 Å². The maximum Gasteiger partial charge on any atom is 0.306 e. The highest BCUT2D eigenvalue weighted by Crippen LogP contribution is 2.38. The summed E-state index contributed by atoms with van der Waals surface area (Å²) in [6.07, 6.45) is 43.8. The molecule has 0 aromatic rings. The van der Waals surface area contributed by atoms with E-state index < -0.39 is 32.5 Å². The van der Waals surface area contributed by atoms with Gasteiger partial charge in [0.05, 0.1) is 27.7 Å². The number of phosphoric ester groups is 1. The van der Waals surface area contributed by atoms with E-state index in [-0.39, 0.29) is 26.1 Å². The zero-order valence-electron chi connectivity index (χ0n) is 34.6. The van der Waals surface area contributed by atoms with Gasteiger partial charge in [-0.25, -0.2) is 0 Å². The van der Waals surface area contributed by atoms with Gasteiger partial charge in [-0.15, -0.1) is 0 Å². The van der Waals surface area contributed by atoms with Gasteiger partial charge in [0.15, 0.2) is 6.10 Å². The molecule has 0 N–H and O–H groups in total. The Morgan fingerprint density at radius 1 is 0.593 bits per heavy atom. The van der Waals surface area contributed by atoms with Crippen molar-refractivity contribution in [3.05, 3.63) is 72.9 Å². The molecule has 310 valence electrons. The fourth-order valence-electron chi connectivity index (χ4n) is 5.03. The van der Waals surface area contributed by atoms with Crippen LogP contribution in [0.5, 0.6) is 0 Å². The Labute approximate surface area is 329 Å². The van der Waals surface area contributed by atoms with Crippen LogP contribution in [0.2, 0.25) is 0 Å². The molecule has 0 rings (SSSR count). The standard InChI is InChI=1S/C44H76NO8P/c1-6-8-10-12-14-16-18-19-20-21-22-23-24-25-27-29-31-33-35-37-44(47)53-42(41-52-54(48,49)51-39-38-45(3,4)5)40-50-43(46)36-34-32-30-28-26-17-15-13-11-9-7-2/h8,10,14,16,19-20,22-23,25,27,31,33,42H,6-7,9,11-13,15,17-18,21,24,26,28-30,32,34-41H2,1-5H3/b10-8-,16-14-,20-19-,23-22-,27-25-,33-31-. The van der Waals surface area contributed by atoms with Crippen molar-refractivity contribution >= 4 is 19.8 Å². The van der Waals surface area contributed by atoms with Gasteiger partial charge in [-0.1, -0.05) is 151 Å². The highest BCUT2D eigenvalue weighted by molar-refractivity contribution is 7.45. The predicted molar refractivity (Wildman–Crippen MR) is 222 cm³/mol. The van der Waals surface area contributed by atoms with Crippen LogP contribution in [-0.2, 0) is 32.7 Å². The van der Waals surface area contributed by atoms with Gasteiger partial charge in [0.25, 0.3) is 7.82 Å². The summed E-state index contributed by atoms with van der Waals surface area (Å²) in [6, 6.07) is 0. The molecule has 0 saturated carbocycles. The Balaban J connectivity index is 4.54. The Hall–Kier alpha value is -2.55. The Morgan fingerprint density at radius 2 is 1.06 bits per heavy atom. The lowest BCUT2D eigenvalue weighted by atomic mass is 10.1. The lowest BCUT2D eigenvalue weighted by Crippen LogP contribution is -2.37. The molecule has 2 atom stereocenters. The molecule has 10 heteroatoms. The van der Waals surface area contributed by atoms with Crippen molar-refractivity contribution in [2.75, 3.05) is 47.5 Å². The van der Waals surface area contributed by atoms with Crippen molar-refractivity contribution in [2.45, 2.75) is 148 Å². The zero-order chi connectivity index (χ0) is 40.0. The Bertz CT molecular complexity index is 1150. The molecule has 0 bridgehead atoms. The second-order valence-corrected chi connectivity index (χ2v) is 16.0. The summed E-state index contributed by atoms with van der Waals surface area (Å²) < 4.78 is 33.7. The number of phosphoric acid groups is 1. The number of esters is 2. The third kappa shape index (κ3) is 39.2. The lowest BCUT2D eigenvalue weighted by Gasteiger charge is -2.28. The van der Waals surface area contributed by atoms with E-state index in [1.54, 1.807) is 0 Å². The average molecular weight is 778 g/mol. The van der Waals surface area contributed by atoms with Gasteiger partial charge in [-0.2, -0.15) is 0 Å². The first kappa shape index (κ1) is 51.5. The number of hydrogen-bond donors (Lipinski definition) is 0. The number of carbonyl (C=O) groups is 2. The van der Waals surface area contributed by atoms with Crippen molar-refractivity contribution in [1.29, 1.82) is 0 Å². The molecule has 0 radical (unpaired) electrons. The van der Waals surface area contributed by atoms with Gasteiger partial charge in [0, 0.05) is 12.8 Å². The van der Waals surface area contributed by atoms with E-state index in [9.17, 15) is 19.0 Å². The smallest absolute Gasteiger partial charge is 0.306 e. The molecule has 0 aliphatic heterocycles. The molecule has 0 saturated heterocycles. The second kappa shape index (κ2) is 36.1. The van der Waals surface area contributed by atoms with E-state index in [1.807, 2.05) is 33.3 Å². The van der Waals surface area contributed by atoms with Crippen LogP contribution in [0.1, 0.15) is 142 Å². The summed E-state index contributed by atoms with van der Waals surface area (Å²) in [6.45, 7) is 3.99. The molecule has 2 unspecified atom stereocenters. The number of hydrogen-bond acceptors (Lipinski definition) is 8. The van der Waals surface area contributed by atoms with Gasteiger partial charge >= 0.3 is 11.9 Å². The van der Waals surface area contributed by atoms with Crippen molar-refractivity contribution in [3.63, 3.8) is 0 Å². The zero-order valence-corrected chi connectivity index (χ0v) is 35.5. The van der Waals surface area contributed by atoms with Gasteiger partial charge in [-0.3, -0.25) is 14.2 Å². The molecule has 9 nitrogen and oxygen atoms in total. The van der Waals surface area contributed by atoms with E-state index >= 15 is 0 Å². The number of quaternary nitrogens is 1. The van der Waals surface area contributed by atoms with Crippen LogP contribution in [-0.4, -0.2) is 70.0 Å². The van der Waals surface area contributed by atoms with E-state index in [0.29, 0.717) is 17.4 Å². The van der Waals surface area contributed by atoms with Crippen LogP contribution in [0.15, 0.2) is 72.9 Å². The number of likely N-dealkylation sites (N-methyl/N-ethyl adjacent to an activating group) is 1. The predicted octanol–water partition coefficient (Wildman–Crippen LogP) is 10.8. The minimum absolute atomic E-state index is 0.0470. The van der Waals surface area contributed by atoms with Crippen molar-refractivity contribution in [1.82, 2.24) is 0 Å². The molecule has 0 aliphatic rings. The monoisotopic (exact) mass is 778 g/mol. The number of ether oxygens (including phenoxy) is 2. The summed E-state index contributed by atoms with van der Waals surface area (Å²) in [7, 11) is 1.11. The molecular formula is C44H76NO8P. The largest absolute Gasteiger partial charge is 0.756 e. The molecule has 0 fully saturated rings.